The van der Waals surface area contributed by atoms with Gasteiger partial charge in [-0.15, -0.1) is 0 Å². The predicted molar refractivity (Wildman–Crippen MR) is 62.8 cm³/mol. The van der Waals surface area contributed by atoms with Crippen LogP contribution in [0.2, 0.25) is 0 Å². The molecule has 0 aliphatic heterocycles. The van der Waals surface area contributed by atoms with Crippen LogP contribution in [0.25, 0.3) is 0 Å². The molecule has 0 radical (unpaired) electrons. The van der Waals surface area contributed by atoms with Gasteiger partial charge in [-0.05, 0) is 12.5 Å². The monoisotopic (exact) mass is 248 g/mol. The smallest absolute Gasteiger partial charge is 0.151 e. The number of hydrogen-bond donors (Lipinski definition) is 2. The fraction of sp³-hybridized carbons (Fsp3) is 0.400. The van der Waals surface area contributed by atoms with E-state index in [4.69, 9.17) is 5.73 Å². The standard InChI is InChI=1S/C10H14F2N2OS/c1-16(15)4-2-3-14-9-6-7(11)5-8(12)10(9)13/h5-6,14H,2-4,13H2,1H3. The van der Waals surface area contributed by atoms with Crippen LogP contribution in [0.15, 0.2) is 12.1 Å². The Bertz CT molecular complexity index is 399. The van der Waals surface area contributed by atoms with Crippen LogP contribution >= 0.6 is 0 Å². The van der Waals surface area contributed by atoms with E-state index in [1.54, 1.807) is 6.26 Å². The van der Waals surface area contributed by atoms with E-state index < -0.39 is 22.4 Å². The Hall–Kier alpha value is -1.17. The van der Waals surface area contributed by atoms with Gasteiger partial charge in [0.15, 0.2) is 5.82 Å². The number of nitrogens with one attached hydrogen (secondary N) is 1. The van der Waals surface area contributed by atoms with Crippen molar-refractivity contribution in [2.24, 2.45) is 0 Å². The van der Waals surface area contributed by atoms with E-state index in [1.165, 1.54) is 0 Å². The molecule has 6 heteroatoms. The highest BCUT2D eigenvalue weighted by Crippen LogP contribution is 2.23. The number of nitrogen functional groups attached to an aromatic ring is 1. The quantitative estimate of drug-likeness (QED) is 0.616. The molecule has 16 heavy (non-hydrogen) atoms. The maximum absolute atomic E-state index is 13.0. The van der Waals surface area contributed by atoms with Crippen molar-refractivity contribution in [3.8, 4) is 0 Å². The molecule has 0 aromatic heterocycles. The number of benzene rings is 1. The van der Waals surface area contributed by atoms with Gasteiger partial charge in [0.25, 0.3) is 0 Å². The molecule has 0 aliphatic carbocycles. The fourth-order valence-corrected chi connectivity index (χ4v) is 1.78. The molecule has 3 nitrogen and oxygen atoms in total. The second kappa shape index (κ2) is 5.79. The average molecular weight is 248 g/mol. The Balaban J connectivity index is 2.57. The maximum atomic E-state index is 13.0. The SMILES string of the molecule is CS(=O)CCCNc1cc(F)cc(F)c1N. The van der Waals surface area contributed by atoms with Gasteiger partial charge in [0, 0.05) is 35.4 Å². The molecule has 0 aliphatic rings. The van der Waals surface area contributed by atoms with E-state index in [9.17, 15) is 13.0 Å². The lowest BCUT2D eigenvalue weighted by atomic mass is 10.2. The molecule has 0 saturated heterocycles. The minimum absolute atomic E-state index is 0.0981. The number of halogens is 2. The molecule has 0 saturated carbocycles. The first-order valence-corrected chi connectivity index (χ1v) is 6.52. The molecule has 1 atom stereocenters. The number of hydrogen-bond acceptors (Lipinski definition) is 3. The second-order valence-electron chi connectivity index (χ2n) is 3.41. The molecule has 90 valence electrons. The van der Waals surface area contributed by atoms with Crippen molar-refractivity contribution in [1.82, 2.24) is 0 Å². The lowest BCUT2D eigenvalue weighted by Crippen LogP contribution is -2.08. The van der Waals surface area contributed by atoms with E-state index in [0.717, 1.165) is 12.1 Å². The zero-order valence-corrected chi connectivity index (χ0v) is 9.74. The summed E-state index contributed by atoms with van der Waals surface area (Å²) < 4.78 is 36.7. The molecule has 0 amide bonds. The highest BCUT2D eigenvalue weighted by Gasteiger charge is 2.07. The van der Waals surface area contributed by atoms with Gasteiger partial charge in [0.2, 0.25) is 0 Å². The van der Waals surface area contributed by atoms with Crippen molar-refractivity contribution in [2.75, 3.05) is 29.6 Å². The third kappa shape index (κ3) is 3.77. The van der Waals surface area contributed by atoms with Crippen LogP contribution in [0.3, 0.4) is 0 Å². The van der Waals surface area contributed by atoms with Gasteiger partial charge in [-0.3, -0.25) is 4.21 Å². The minimum Gasteiger partial charge on any atom is -0.395 e. The average Bonchev–Trinajstić information content (AvgIpc) is 2.19. The highest BCUT2D eigenvalue weighted by molar-refractivity contribution is 7.84. The Kier molecular flexibility index (Phi) is 4.67. The van der Waals surface area contributed by atoms with Crippen LogP contribution in [-0.4, -0.2) is 22.8 Å². The van der Waals surface area contributed by atoms with Gasteiger partial charge in [-0.1, -0.05) is 0 Å². The number of anilines is 2. The molecule has 0 bridgehead atoms. The van der Waals surface area contributed by atoms with Crippen LogP contribution in [0.5, 0.6) is 0 Å². The maximum Gasteiger partial charge on any atom is 0.151 e. The first-order chi connectivity index (χ1) is 7.50. The van der Waals surface area contributed by atoms with Crippen molar-refractivity contribution >= 4 is 22.2 Å². The summed E-state index contributed by atoms with van der Waals surface area (Å²) in [6.45, 7) is 0.479. The third-order valence-corrected chi connectivity index (χ3v) is 2.88. The normalized spacial score (nSPS) is 12.4. The van der Waals surface area contributed by atoms with Crippen LogP contribution in [0.4, 0.5) is 20.2 Å². The minimum atomic E-state index is -0.857. The molecular formula is C10H14F2N2OS. The van der Waals surface area contributed by atoms with Crippen LogP contribution < -0.4 is 11.1 Å². The zero-order chi connectivity index (χ0) is 12.1. The van der Waals surface area contributed by atoms with Crippen LogP contribution in [-0.2, 0) is 10.8 Å². The molecule has 1 unspecified atom stereocenters. The molecule has 3 N–H and O–H groups in total. The summed E-state index contributed by atoms with van der Waals surface area (Å²) in [6, 6.07) is 1.88. The Morgan fingerprint density at radius 3 is 2.75 bits per heavy atom. The summed E-state index contributed by atoms with van der Waals surface area (Å²) in [5.74, 6) is -0.903. The van der Waals surface area contributed by atoms with E-state index in [-0.39, 0.29) is 11.4 Å². The Morgan fingerprint density at radius 1 is 1.44 bits per heavy atom. The van der Waals surface area contributed by atoms with Crippen LogP contribution in [0, 0.1) is 11.6 Å². The number of rotatable bonds is 5. The van der Waals surface area contributed by atoms with E-state index in [0.29, 0.717) is 18.7 Å². The van der Waals surface area contributed by atoms with Gasteiger partial charge in [-0.25, -0.2) is 8.78 Å². The van der Waals surface area contributed by atoms with Gasteiger partial charge in [-0.2, -0.15) is 0 Å². The predicted octanol–water partition coefficient (Wildman–Crippen LogP) is 1.73. The van der Waals surface area contributed by atoms with Gasteiger partial charge >= 0.3 is 0 Å². The molecule has 0 fully saturated rings. The summed E-state index contributed by atoms with van der Waals surface area (Å²) in [4.78, 5) is 0. The molecular weight excluding hydrogens is 234 g/mol. The first kappa shape index (κ1) is 12.9. The Labute approximate surface area is 95.5 Å². The van der Waals surface area contributed by atoms with Crippen molar-refractivity contribution in [3.05, 3.63) is 23.8 Å². The van der Waals surface area contributed by atoms with Crippen LogP contribution in [0.1, 0.15) is 6.42 Å². The summed E-state index contributed by atoms with van der Waals surface area (Å²) >= 11 is 0. The van der Waals surface area contributed by atoms with E-state index in [1.807, 2.05) is 0 Å². The highest BCUT2D eigenvalue weighted by atomic mass is 32.2. The lowest BCUT2D eigenvalue weighted by Gasteiger charge is -2.09. The molecule has 0 spiro atoms. The van der Waals surface area contributed by atoms with Crippen molar-refractivity contribution in [2.45, 2.75) is 6.42 Å². The fourth-order valence-electron chi connectivity index (χ4n) is 1.23. The molecule has 0 heterocycles. The van der Waals surface area contributed by atoms with Gasteiger partial charge < -0.3 is 11.1 Å². The third-order valence-electron chi connectivity index (χ3n) is 2.02. The Morgan fingerprint density at radius 2 is 2.12 bits per heavy atom. The van der Waals surface area contributed by atoms with Crippen molar-refractivity contribution < 1.29 is 13.0 Å². The summed E-state index contributed by atoms with van der Waals surface area (Å²) in [5, 5.41) is 2.81. The largest absolute Gasteiger partial charge is 0.395 e. The summed E-state index contributed by atoms with van der Waals surface area (Å²) in [6.07, 6.45) is 2.26. The molecule has 1 aromatic rings. The first-order valence-electron chi connectivity index (χ1n) is 4.79. The summed E-state index contributed by atoms with van der Waals surface area (Å²) in [7, 11) is -0.857. The topological polar surface area (TPSA) is 55.1 Å². The zero-order valence-electron chi connectivity index (χ0n) is 8.93. The second-order valence-corrected chi connectivity index (χ2v) is 4.96. The van der Waals surface area contributed by atoms with E-state index >= 15 is 0 Å². The summed E-state index contributed by atoms with van der Waals surface area (Å²) in [5.41, 5.74) is 5.57. The molecule has 1 rings (SSSR count). The van der Waals surface area contributed by atoms with Crippen molar-refractivity contribution in [1.29, 1.82) is 0 Å². The lowest BCUT2D eigenvalue weighted by molar-refractivity contribution is 0.587. The van der Waals surface area contributed by atoms with Crippen molar-refractivity contribution in [3.63, 3.8) is 0 Å². The van der Waals surface area contributed by atoms with E-state index in [2.05, 4.69) is 5.32 Å². The van der Waals surface area contributed by atoms with Gasteiger partial charge in [0.05, 0.1) is 11.4 Å². The van der Waals surface area contributed by atoms with Gasteiger partial charge in [0.1, 0.15) is 5.82 Å². The number of nitrogens with two attached hydrogens (primary N) is 1. The molecule has 1 aromatic carbocycles.